The highest BCUT2D eigenvalue weighted by Gasteiger charge is 2.12. The van der Waals surface area contributed by atoms with E-state index in [1.54, 1.807) is 13.1 Å². The van der Waals surface area contributed by atoms with Gasteiger partial charge in [0.15, 0.2) is 0 Å². The molecule has 0 amide bonds. The summed E-state index contributed by atoms with van der Waals surface area (Å²) >= 11 is 0. The number of para-hydroxylation sites is 1. The normalized spacial score (nSPS) is 10.9. The second-order valence-electron chi connectivity index (χ2n) is 7.20. The third-order valence-electron chi connectivity index (χ3n) is 5.07. The van der Waals surface area contributed by atoms with E-state index >= 15 is 0 Å². The van der Waals surface area contributed by atoms with E-state index in [1.165, 1.54) is 0 Å². The fourth-order valence-electron chi connectivity index (χ4n) is 3.63. The number of aromatic amines is 1. The summed E-state index contributed by atoms with van der Waals surface area (Å²) in [6.45, 7) is 2.93. The molecule has 0 aliphatic rings. The number of ether oxygens (including phenoxy) is 2. The molecule has 0 bridgehead atoms. The predicted molar refractivity (Wildman–Crippen MR) is 121 cm³/mol. The minimum Gasteiger partial charge on any atom is -0.489 e. The highest BCUT2D eigenvalue weighted by molar-refractivity contribution is 5.95. The first-order chi connectivity index (χ1) is 15.2. The smallest absolute Gasteiger partial charge is 0.310 e. The number of hydrogen-bond donors (Lipinski definition) is 2. The number of carbonyl (C=O) groups is 1. The lowest BCUT2D eigenvalue weighted by Gasteiger charge is -2.13. The van der Waals surface area contributed by atoms with Gasteiger partial charge < -0.3 is 20.2 Å². The number of fused-ring (bicyclic) bond motifs is 1. The molecule has 0 spiro atoms. The molecule has 4 rings (SSSR count). The summed E-state index contributed by atoms with van der Waals surface area (Å²) in [5.74, 6) is 0.417. The van der Waals surface area contributed by atoms with E-state index in [0.717, 1.165) is 38.9 Å². The lowest BCUT2D eigenvalue weighted by Crippen LogP contribution is -2.09. The number of carbonyl (C=O) groups excluding carboxylic acids is 1. The highest BCUT2D eigenvalue weighted by Crippen LogP contribution is 2.31. The van der Waals surface area contributed by atoms with Crippen LogP contribution in [-0.4, -0.2) is 22.5 Å². The SMILES string of the molecule is CCOC(=O)Cc1ccccc1OCc1cc(-c2ccnc(CN)c2)c2cc[nH]c2c1. The maximum Gasteiger partial charge on any atom is 0.310 e. The van der Waals surface area contributed by atoms with E-state index in [-0.39, 0.29) is 12.4 Å². The summed E-state index contributed by atoms with van der Waals surface area (Å²) in [7, 11) is 0. The molecule has 2 aromatic heterocycles. The standard InChI is InChI=1S/C25H25N3O3/c1-2-30-25(29)14-19-5-3-4-6-24(19)31-16-17-11-22(21-8-10-28-23(21)12-17)18-7-9-27-20(13-18)15-26/h3-13,28H,2,14-16,26H2,1H3. The number of benzene rings is 2. The van der Waals surface area contributed by atoms with Crippen LogP contribution in [0.5, 0.6) is 5.75 Å². The molecule has 0 radical (unpaired) electrons. The Bertz CT molecular complexity index is 1200. The minimum absolute atomic E-state index is 0.184. The van der Waals surface area contributed by atoms with Crippen molar-refractivity contribution in [1.29, 1.82) is 0 Å². The number of nitrogens with two attached hydrogens (primary N) is 1. The summed E-state index contributed by atoms with van der Waals surface area (Å²) in [5, 5.41) is 1.13. The molecule has 6 heteroatoms. The molecular weight excluding hydrogens is 390 g/mol. The molecule has 2 heterocycles. The lowest BCUT2D eigenvalue weighted by molar-refractivity contribution is -0.142. The Morgan fingerprint density at radius 3 is 2.84 bits per heavy atom. The lowest BCUT2D eigenvalue weighted by atomic mass is 9.99. The number of pyridine rings is 1. The van der Waals surface area contributed by atoms with Crippen LogP contribution >= 0.6 is 0 Å². The fraction of sp³-hybridized carbons (Fsp3) is 0.200. The number of rotatable bonds is 8. The Morgan fingerprint density at radius 2 is 2.00 bits per heavy atom. The van der Waals surface area contributed by atoms with Crippen LogP contribution in [0.4, 0.5) is 0 Å². The number of nitrogens with one attached hydrogen (secondary N) is 1. The highest BCUT2D eigenvalue weighted by atomic mass is 16.5. The number of aromatic nitrogens is 2. The van der Waals surface area contributed by atoms with Gasteiger partial charge in [-0.1, -0.05) is 18.2 Å². The van der Waals surface area contributed by atoms with Crippen LogP contribution in [0, 0.1) is 0 Å². The van der Waals surface area contributed by atoms with E-state index in [9.17, 15) is 4.79 Å². The second kappa shape index (κ2) is 9.45. The zero-order chi connectivity index (χ0) is 21.6. The summed E-state index contributed by atoms with van der Waals surface area (Å²) in [4.78, 5) is 19.5. The van der Waals surface area contributed by atoms with Crippen molar-refractivity contribution in [3.05, 3.63) is 83.8 Å². The van der Waals surface area contributed by atoms with Crippen LogP contribution in [0.3, 0.4) is 0 Å². The van der Waals surface area contributed by atoms with E-state index in [1.807, 2.05) is 42.6 Å². The van der Waals surface area contributed by atoms with Crippen molar-refractivity contribution in [3.8, 4) is 16.9 Å². The van der Waals surface area contributed by atoms with Crippen molar-refractivity contribution in [2.24, 2.45) is 5.73 Å². The monoisotopic (exact) mass is 415 g/mol. The van der Waals surface area contributed by atoms with Gasteiger partial charge in [-0.3, -0.25) is 9.78 Å². The number of H-pyrrole nitrogens is 1. The van der Waals surface area contributed by atoms with Gasteiger partial charge in [0, 0.05) is 35.4 Å². The Labute approximate surface area is 181 Å². The van der Waals surface area contributed by atoms with Crippen molar-refractivity contribution in [2.45, 2.75) is 26.5 Å². The molecule has 0 aliphatic heterocycles. The molecule has 31 heavy (non-hydrogen) atoms. The molecule has 6 nitrogen and oxygen atoms in total. The molecule has 3 N–H and O–H groups in total. The predicted octanol–water partition coefficient (Wildman–Crippen LogP) is 4.37. The zero-order valence-electron chi connectivity index (χ0n) is 17.4. The summed E-state index contributed by atoms with van der Waals surface area (Å²) < 4.78 is 11.2. The number of nitrogens with zero attached hydrogens (tertiary/aromatic N) is 1. The quantitative estimate of drug-likeness (QED) is 0.417. The average molecular weight is 415 g/mol. The van der Waals surface area contributed by atoms with Crippen molar-refractivity contribution in [2.75, 3.05) is 6.61 Å². The van der Waals surface area contributed by atoms with Crippen LogP contribution in [0.1, 0.15) is 23.7 Å². The van der Waals surface area contributed by atoms with Gasteiger partial charge in [-0.05, 0) is 60.0 Å². The Hall–Kier alpha value is -3.64. The summed E-state index contributed by atoms with van der Waals surface area (Å²) in [6, 6.07) is 17.8. The molecular formula is C25H25N3O3. The third-order valence-corrected chi connectivity index (χ3v) is 5.07. The van der Waals surface area contributed by atoms with Crippen molar-refractivity contribution < 1.29 is 14.3 Å². The van der Waals surface area contributed by atoms with Gasteiger partial charge in [0.1, 0.15) is 12.4 Å². The summed E-state index contributed by atoms with van der Waals surface area (Å²) in [5.41, 5.74) is 11.6. The van der Waals surface area contributed by atoms with E-state index in [0.29, 0.717) is 25.5 Å². The minimum atomic E-state index is -0.262. The Balaban J connectivity index is 1.61. The average Bonchev–Trinajstić information content (AvgIpc) is 3.27. The molecule has 0 atom stereocenters. The van der Waals surface area contributed by atoms with Gasteiger partial charge in [0.25, 0.3) is 0 Å². The molecule has 0 aliphatic carbocycles. The van der Waals surface area contributed by atoms with Crippen LogP contribution in [0.25, 0.3) is 22.0 Å². The molecule has 0 saturated carbocycles. The first kappa shape index (κ1) is 20.6. The van der Waals surface area contributed by atoms with Gasteiger partial charge >= 0.3 is 5.97 Å². The Morgan fingerprint density at radius 1 is 1.13 bits per heavy atom. The van der Waals surface area contributed by atoms with Crippen molar-refractivity contribution in [3.63, 3.8) is 0 Å². The van der Waals surface area contributed by atoms with Gasteiger partial charge in [-0.2, -0.15) is 0 Å². The molecule has 0 fully saturated rings. The number of esters is 1. The molecule has 4 aromatic rings. The molecule has 0 unspecified atom stereocenters. The van der Waals surface area contributed by atoms with Gasteiger partial charge in [-0.25, -0.2) is 0 Å². The van der Waals surface area contributed by atoms with Crippen LogP contribution in [0.2, 0.25) is 0 Å². The Kier molecular flexibility index (Phi) is 6.29. The van der Waals surface area contributed by atoms with Gasteiger partial charge in [-0.15, -0.1) is 0 Å². The maximum atomic E-state index is 11.9. The largest absolute Gasteiger partial charge is 0.489 e. The second-order valence-corrected chi connectivity index (χ2v) is 7.20. The third kappa shape index (κ3) is 4.75. The zero-order valence-corrected chi connectivity index (χ0v) is 17.4. The van der Waals surface area contributed by atoms with Gasteiger partial charge in [0.2, 0.25) is 0 Å². The van der Waals surface area contributed by atoms with Crippen LogP contribution < -0.4 is 10.5 Å². The molecule has 158 valence electrons. The maximum absolute atomic E-state index is 11.9. The molecule has 2 aromatic carbocycles. The topological polar surface area (TPSA) is 90.2 Å². The first-order valence-electron chi connectivity index (χ1n) is 10.3. The molecule has 0 saturated heterocycles. The fourth-order valence-corrected chi connectivity index (χ4v) is 3.63. The summed E-state index contributed by atoms with van der Waals surface area (Å²) in [6.07, 6.45) is 3.90. The van der Waals surface area contributed by atoms with Gasteiger partial charge in [0.05, 0.1) is 18.7 Å². The number of hydrogen-bond acceptors (Lipinski definition) is 5. The van der Waals surface area contributed by atoms with Crippen molar-refractivity contribution >= 4 is 16.9 Å². The van der Waals surface area contributed by atoms with Crippen molar-refractivity contribution in [1.82, 2.24) is 9.97 Å². The first-order valence-corrected chi connectivity index (χ1v) is 10.3. The van der Waals surface area contributed by atoms with E-state index in [2.05, 4.69) is 28.2 Å². The van der Waals surface area contributed by atoms with E-state index < -0.39 is 0 Å². The van der Waals surface area contributed by atoms with Crippen LogP contribution in [-0.2, 0) is 29.1 Å². The van der Waals surface area contributed by atoms with E-state index in [4.69, 9.17) is 15.2 Å². The van der Waals surface area contributed by atoms with Crippen LogP contribution in [0.15, 0.2) is 67.0 Å².